The Morgan fingerprint density at radius 2 is 0.796 bits per heavy atom. The van der Waals surface area contributed by atoms with Crippen LogP contribution in [-0.2, 0) is 61.2 Å². The van der Waals surface area contributed by atoms with Crippen molar-refractivity contribution in [1.82, 2.24) is 4.98 Å². The number of phenolic OH excluding ortho intramolecular Hbond substituents is 3. The number of benzene rings is 3. The largest absolute Gasteiger partial charge is 0.508 e. The van der Waals surface area contributed by atoms with Crippen molar-refractivity contribution >= 4 is 91.7 Å². The van der Waals surface area contributed by atoms with Gasteiger partial charge in [0.05, 0.1) is 46.2 Å². The molecule has 3 aromatic carbocycles. The van der Waals surface area contributed by atoms with E-state index < -0.39 is 11.9 Å². The third-order valence-electron chi connectivity index (χ3n) is 17.6. The smallest absolute Gasteiger partial charge is 0.303 e. The summed E-state index contributed by atoms with van der Waals surface area (Å²) in [5, 5.41) is 61.5. The number of thiol groups is 4. The van der Waals surface area contributed by atoms with Crippen LogP contribution in [0.5, 0.6) is 17.2 Å². The molecular weight excluding hydrogens is 1530 g/mol. The van der Waals surface area contributed by atoms with Gasteiger partial charge in [-0.15, -0.1) is 12.6 Å². The SMILES string of the molecule is CC(C)(c1ccc(O)cc1)c1ccc(O)cc1.COCCOCCOCCO.CSCCCCCCC(=O)S.NC(=O)CCCC/C=C/CCCC(=O)O.O=C(O)CCCCCCCCCCCCCS.O=COCCCCCc1ccncc1.OCCCCCCCCCCS.Oc1ccc(CCCCCCCCS)cc1. The number of carbonyl (C=O) groups excluding carboxylic acids is 3. The van der Waals surface area contributed by atoms with Gasteiger partial charge in [-0.1, -0.05) is 197 Å². The number of hydrogen-bond acceptors (Lipinski definition) is 19. The molecule has 0 radical (unpaired) electrons. The average molecular weight is 1680 g/mol. The van der Waals surface area contributed by atoms with Gasteiger partial charge in [0.2, 0.25) is 5.91 Å². The number of nitrogens with two attached hydrogens (primary N) is 1. The number of unbranched alkanes of at least 4 members (excludes halogenated alkanes) is 30. The minimum absolute atomic E-state index is 0.0230. The predicted molar refractivity (Wildman–Crippen MR) is 485 cm³/mol. The number of carboxylic acids is 2. The lowest BCUT2D eigenvalue weighted by Crippen LogP contribution is -2.18. The number of rotatable bonds is 63. The summed E-state index contributed by atoms with van der Waals surface area (Å²) in [4.78, 5) is 55.0. The van der Waals surface area contributed by atoms with Crippen LogP contribution in [-0.4, -0.2) is 159 Å². The zero-order chi connectivity index (χ0) is 84.4. The first-order chi connectivity index (χ1) is 54.8. The maximum Gasteiger partial charge on any atom is 0.303 e. The van der Waals surface area contributed by atoms with E-state index in [1.54, 1.807) is 43.5 Å². The lowest BCUT2D eigenvalue weighted by Gasteiger charge is -2.26. The summed E-state index contributed by atoms with van der Waals surface area (Å²) in [5.74, 6) is 3.57. The van der Waals surface area contributed by atoms with Crippen molar-refractivity contribution in [3.05, 3.63) is 132 Å². The minimum Gasteiger partial charge on any atom is -0.508 e. The number of aliphatic hydroxyl groups excluding tert-OH is 2. The van der Waals surface area contributed by atoms with Crippen molar-refractivity contribution in [2.75, 3.05) is 89.2 Å². The average Bonchev–Trinajstić information content (AvgIpc) is 0.808. The number of hydrogen-bond donors (Lipinski definition) is 12. The predicted octanol–water partition coefficient (Wildman–Crippen LogP) is 21.6. The molecule has 1 heterocycles. The number of allylic oxidation sites excluding steroid dienone is 2. The standard InChI is InChI=1S/C15H16O2.C14H28O2S.C14H22OS.C11H19NO3.C11H15NO2.C10H22OS.C8H16OS2.C7H16O4/c1-15(2,11-3-7-13(16)8-4-11)12-5-9-14(17)10-6-12;15-14(16)12-10-8-6-4-2-1-3-5-7-9-11-13-17;15-14-10-8-13(9-11-14)7-5-3-1-2-4-6-12-16;12-10(13)8-6-4-2-1-3-5-7-9-11(14)15;13-10-14-9-3-1-2-4-11-5-7-12-8-6-11;11-9-7-5-3-1-2-4-6-8-10-12;1-11-7-5-3-2-4-6-8(9)10;1-9-4-5-11-7-6-10-3-2-8/h3-10,16-17H,1-2H3;17H,1-13H2,(H,15,16);8-11,15-16H,1-7,12H2;1,3H,2,4-9H2,(H2,12,13)(H,14,15);5-8,10H,1-4,9H2;11-12H,1-10H2;2-7H2,1H3,(H,9,10);8H,2-7H2,1H3/b;;;3-1+;;;;. The molecule has 113 heavy (non-hydrogen) atoms. The number of carbonyl (C=O) groups is 5. The Morgan fingerprint density at radius 1 is 0.434 bits per heavy atom. The lowest BCUT2D eigenvalue weighted by molar-refractivity contribution is -0.138. The number of aryl methyl sites for hydroxylation is 2. The number of amides is 1. The second-order valence-corrected chi connectivity index (χ2v) is 30.9. The normalized spacial score (nSPS) is 10.5. The van der Waals surface area contributed by atoms with Crippen molar-refractivity contribution in [2.45, 2.75) is 295 Å². The molecule has 0 spiro atoms. The molecule has 0 unspecified atom stereocenters. The maximum atomic E-state index is 10.4. The molecular formula is C90H154N2O16S5. The monoisotopic (exact) mass is 1680 g/mol. The Bertz CT molecular complexity index is 2620. The fraction of sp³-hybridized carbons (Fsp3) is 0.667. The summed E-state index contributed by atoms with van der Waals surface area (Å²) in [6.45, 7) is 8.39. The molecule has 0 atom stereocenters. The van der Waals surface area contributed by atoms with Crippen LogP contribution in [0.25, 0.3) is 0 Å². The second-order valence-electron chi connectivity index (χ2n) is 28.1. The van der Waals surface area contributed by atoms with Gasteiger partial charge in [0.1, 0.15) is 17.2 Å². The first kappa shape index (κ1) is 114. The van der Waals surface area contributed by atoms with Crippen LogP contribution in [0.4, 0.5) is 0 Å². The number of phenols is 3. The van der Waals surface area contributed by atoms with Crippen LogP contribution < -0.4 is 5.73 Å². The lowest BCUT2D eigenvalue weighted by atomic mass is 9.78. The number of carboxylic acid groups (broad SMARTS) is 2. The molecule has 0 aliphatic carbocycles. The number of primary amides is 1. The van der Waals surface area contributed by atoms with Gasteiger partial charge in [-0.05, 0) is 216 Å². The van der Waals surface area contributed by atoms with Crippen molar-refractivity contribution < 1.29 is 78.7 Å². The number of aliphatic hydroxyl groups is 2. The van der Waals surface area contributed by atoms with Crippen LogP contribution in [0, 0.1) is 0 Å². The minimum atomic E-state index is -0.746. The Kier molecular flexibility index (Phi) is 93.7. The fourth-order valence-corrected chi connectivity index (χ4v) is 12.2. The molecule has 4 rings (SSSR count). The molecule has 0 fully saturated rings. The van der Waals surface area contributed by atoms with E-state index in [2.05, 4.69) is 80.3 Å². The van der Waals surface area contributed by atoms with Gasteiger partial charge in [-0.2, -0.15) is 49.6 Å². The number of ether oxygens (including phenoxy) is 4. The zero-order valence-corrected chi connectivity index (χ0v) is 74.3. The summed E-state index contributed by atoms with van der Waals surface area (Å²) in [7, 11) is 1.63. The zero-order valence-electron chi connectivity index (χ0n) is 69.9. The summed E-state index contributed by atoms with van der Waals surface area (Å²) >= 11 is 18.1. The van der Waals surface area contributed by atoms with E-state index in [-0.39, 0.29) is 41.0 Å². The molecule has 0 saturated carbocycles. The van der Waals surface area contributed by atoms with Gasteiger partial charge < -0.3 is 60.4 Å². The molecule has 1 amide bonds. The van der Waals surface area contributed by atoms with E-state index in [4.69, 9.17) is 45.5 Å². The third-order valence-corrected chi connectivity index (χ3v) is 19.5. The van der Waals surface area contributed by atoms with Crippen molar-refractivity contribution in [3.63, 3.8) is 0 Å². The number of aliphatic carboxylic acids is 2. The number of thioether (sulfide) groups is 1. The summed E-state index contributed by atoms with van der Waals surface area (Å²) < 4.78 is 19.4. The number of aromatic hydroxyl groups is 3. The van der Waals surface area contributed by atoms with Crippen molar-refractivity contribution in [2.24, 2.45) is 5.73 Å². The van der Waals surface area contributed by atoms with Crippen LogP contribution in [0.1, 0.15) is 299 Å². The Hall–Kier alpha value is -4.95. The Balaban J connectivity index is -0.000000604. The summed E-state index contributed by atoms with van der Waals surface area (Å²) in [6, 6.07) is 26.1. The molecule has 4 aromatic rings. The molecule has 18 nitrogen and oxygen atoms in total. The van der Waals surface area contributed by atoms with Crippen LogP contribution in [0.15, 0.2) is 109 Å². The molecule has 0 aliphatic heterocycles. The quantitative estimate of drug-likeness (QED) is 0.00846. The van der Waals surface area contributed by atoms with Crippen LogP contribution >= 0.6 is 62.3 Å². The number of aromatic nitrogens is 1. The van der Waals surface area contributed by atoms with Crippen molar-refractivity contribution in [3.8, 4) is 17.2 Å². The van der Waals surface area contributed by atoms with Crippen LogP contribution in [0.2, 0.25) is 0 Å². The Morgan fingerprint density at radius 3 is 1.20 bits per heavy atom. The van der Waals surface area contributed by atoms with Gasteiger partial charge in [0.15, 0.2) is 5.12 Å². The maximum absolute atomic E-state index is 10.4. The highest BCUT2D eigenvalue weighted by molar-refractivity contribution is 7.98. The number of nitrogens with zero attached hydrogens (tertiary/aromatic N) is 1. The molecule has 9 N–H and O–H groups in total. The molecule has 650 valence electrons. The van der Waals surface area contributed by atoms with E-state index in [9.17, 15) is 34.2 Å². The third kappa shape index (κ3) is 92.4. The molecule has 0 aliphatic rings. The van der Waals surface area contributed by atoms with E-state index in [0.717, 1.165) is 112 Å². The topological polar surface area (TPSA) is 303 Å². The van der Waals surface area contributed by atoms with Gasteiger partial charge >= 0.3 is 11.9 Å². The highest BCUT2D eigenvalue weighted by Crippen LogP contribution is 2.33. The fourth-order valence-electron chi connectivity index (χ4n) is 10.9. The first-order valence-electron chi connectivity index (χ1n) is 41.8. The molecule has 0 saturated heterocycles. The van der Waals surface area contributed by atoms with Crippen molar-refractivity contribution in [1.29, 1.82) is 0 Å². The number of pyridine rings is 1. The summed E-state index contributed by atoms with van der Waals surface area (Å²) in [6.07, 6.45) is 57.4. The van der Waals surface area contributed by atoms with Crippen LogP contribution in [0.3, 0.4) is 0 Å². The van der Waals surface area contributed by atoms with E-state index >= 15 is 0 Å². The van der Waals surface area contributed by atoms with Gasteiger partial charge in [0.25, 0.3) is 6.47 Å². The van der Waals surface area contributed by atoms with E-state index in [0.29, 0.717) is 84.2 Å². The second kappa shape index (κ2) is 92.6. The van der Waals surface area contributed by atoms with Gasteiger partial charge in [0, 0.05) is 57.2 Å². The van der Waals surface area contributed by atoms with Gasteiger partial charge in [-0.3, -0.25) is 29.0 Å². The highest BCUT2D eigenvalue weighted by atomic mass is 32.2. The molecule has 0 bridgehead atoms. The Labute approximate surface area is 710 Å². The summed E-state index contributed by atoms with van der Waals surface area (Å²) in [5.41, 5.74) is 9.73. The van der Waals surface area contributed by atoms with Gasteiger partial charge in [-0.25, -0.2) is 0 Å². The number of methoxy groups -OCH3 is 1. The van der Waals surface area contributed by atoms with E-state index in [1.165, 1.54) is 177 Å². The molecule has 23 heteroatoms. The highest BCUT2D eigenvalue weighted by Gasteiger charge is 2.23. The first-order valence-corrected chi connectivity index (χ1v) is 45.6. The molecule has 1 aromatic heterocycles. The van der Waals surface area contributed by atoms with E-state index in [1.807, 2.05) is 84.8 Å².